The lowest BCUT2D eigenvalue weighted by atomic mass is 9.94. The van der Waals surface area contributed by atoms with Gasteiger partial charge < -0.3 is 10.1 Å². The normalized spacial score (nSPS) is 28.2. The average molecular weight is 302 g/mol. The van der Waals surface area contributed by atoms with Gasteiger partial charge in [-0.15, -0.1) is 0 Å². The number of rotatable bonds is 5. The number of fused-ring (bicyclic) bond motifs is 3. The number of methoxy groups -OCH3 is 1. The summed E-state index contributed by atoms with van der Waals surface area (Å²) in [5.41, 5.74) is 2.71. The molecule has 3 rings (SSSR count). The highest BCUT2D eigenvalue weighted by Gasteiger charge is 2.47. The molecule has 1 unspecified atom stereocenters. The van der Waals surface area contributed by atoms with E-state index in [0.29, 0.717) is 17.9 Å². The minimum absolute atomic E-state index is 0.0232. The first-order valence-corrected chi connectivity index (χ1v) is 8.26. The minimum atomic E-state index is -0.0232. The molecule has 1 saturated heterocycles. The summed E-state index contributed by atoms with van der Waals surface area (Å²) in [7, 11) is 1.56. The van der Waals surface area contributed by atoms with Crippen LogP contribution >= 0.6 is 0 Å². The Hall–Kier alpha value is -1.39. The van der Waals surface area contributed by atoms with Crippen molar-refractivity contribution in [2.75, 3.05) is 26.8 Å². The van der Waals surface area contributed by atoms with E-state index in [1.54, 1.807) is 7.11 Å². The Balaban J connectivity index is 1.84. The van der Waals surface area contributed by atoms with Crippen LogP contribution in [0, 0.1) is 5.92 Å². The van der Waals surface area contributed by atoms with Crippen LogP contribution in [0.15, 0.2) is 24.3 Å². The maximum atomic E-state index is 12.0. The fourth-order valence-corrected chi connectivity index (χ4v) is 4.04. The summed E-state index contributed by atoms with van der Waals surface area (Å²) in [6.45, 7) is 6.83. The second-order valence-corrected chi connectivity index (χ2v) is 6.59. The summed E-state index contributed by atoms with van der Waals surface area (Å²) in [6, 6.07) is 9.31. The van der Waals surface area contributed by atoms with Crippen molar-refractivity contribution in [2.45, 2.75) is 38.3 Å². The quantitative estimate of drug-likeness (QED) is 0.907. The zero-order valence-electron chi connectivity index (χ0n) is 13.7. The van der Waals surface area contributed by atoms with E-state index in [-0.39, 0.29) is 18.6 Å². The SMILES string of the molecule is CCC(C)N1C[C@@H]2[C@H](NC(=O)COC)c3ccccc3[C@@H]2C1. The zero-order chi connectivity index (χ0) is 15.7. The fraction of sp³-hybridized carbons (Fsp3) is 0.611. The van der Waals surface area contributed by atoms with Gasteiger partial charge in [0.15, 0.2) is 0 Å². The molecule has 1 N–H and O–H groups in total. The molecule has 1 amide bonds. The molecular formula is C18H26N2O2. The van der Waals surface area contributed by atoms with Crippen molar-refractivity contribution in [1.29, 1.82) is 0 Å². The standard InChI is InChI=1S/C18H26N2O2/c1-4-12(2)20-9-15-13-7-5-6-8-14(13)18(16(15)10-20)19-17(21)11-22-3/h5-8,12,15-16,18H,4,9-11H2,1-3H3,(H,19,21)/t12?,15-,16-,18+/m0/s1. The lowest BCUT2D eigenvalue weighted by Gasteiger charge is -2.26. The van der Waals surface area contributed by atoms with E-state index in [9.17, 15) is 4.79 Å². The first-order chi connectivity index (χ1) is 10.7. The Kier molecular flexibility index (Phi) is 4.50. The van der Waals surface area contributed by atoms with Gasteiger partial charge >= 0.3 is 0 Å². The molecule has 0 bridgehead atoms. The number of carbonyl (C=O) groups is 1. The van der Waals surface area contributed by atoms with Crippen LogP contribution in [-0.2, 0) is 9.53 Å². The highest BCUT2D eigenvalue weighted by atomic mass is 16.5. The van der Waals surface area contributed by atoms with Gasteiger partial charge in [0.25, 0.3) is 0 Å². The van der Waals surface area contributed by atoms with Gasteiger partial charge in [0.2, 0.25) is 5.91 Å². The van der Waals surface area contributed by atoms with Gasteiger partial charge in [0, 0.05) is 38.1 Å². The molecule has 0 spiro atoms. The van der Waals surface area contributed by atoms with E-state index >= 15 is 0 Å². The minimum Gasteiger partial charge on any atom is -0.375 e. The molecule has 0 saturated carbocycles. The number of benzene rings is 1. The van der Waals surface area contributed by atoms with Crippen LogP contribution in [0.3, 0.4) is 0 Å². The third-order valence-electron chi connectivity index (χ3n) is 5.36. The molecule has 0 radical (unpaired) electrons. The first kappa shape index (κ1) is 15.5. The number of hydrogen-bond donors (Lipinski definition) is 1. The number of amides is 1. The number of carbonyl (C=O) groups excluding carboxylic acids is 1. The van der Waals surface area contributed by atoms with E-state index in [4.69, 9.17) is 4.74 Å². The fourth-order valence-electron chi connectivity index (χ4n) is 4.04. The smallest absolute Gasteiger partial charge is 0.246 e. The molecule has 120 valence electrons. The van der Waals surface area contributed by atoms with E-state index in [2.05, 4.69) is 48.3 Å². The van der Waals surface area contributed by atoms with Crippen molar-refractivity contribution in [1.82, 2.24) is 10.2 Å². The highest BCUT2D eigenvalue weighted by molar-refractivity contribution is 5.78. The molecule has 1 aromatic carbocycles. The Morgan fingerprint density at radius 1 is 1.36 bits per heavy atom. The van der Waals surface area contributed by atoms with Crippen molar-refractivity contribution in [3.8, 4) is 0 Å². The molecule has 4 nitrogen and oxygen atoms in total. The molecule has 1 aliphatic carbocycles. The second kappa shape index (κ2) is 6.39. The van der Waals surface area contributed by atoms with Crippen molar-refractivity contribution in [3.63, 3.8) is 0 Å². The van der Waals surface area contributed by atoms with Crippen LogP contribution in [0.25, 0.3) is 0 Å². The van der Waals surface area contributed by atoms with Crippen LogP contribution < -0.4 is 5.32 Å². The maximum absolute atomic E-state index is 12.0. The zero-order valence-corrected chi connectivity index (χ0v) is 13.7. The predicted molar refractivity (Wildman–Crippen MR) is 86.8 cm³/mol. The first-order valence-electron chi connectivity index (χ1n) is 8.26. The van der Waals surface area contributed by atoms with Crippen LogP contribution in [0.1, 0.15) is 43.4 Å². The third kappa shape index (κ3) is 2.66. The van der Waals surface area contributed by atoms with E-state index in [1.807, 2.05) is 0 Å². The van der Waals surface area contributed by atoms with Crippen LogP contribution in [0.4, 0.5) is 0 Å². The van der Waals surface area contributed by atoms with Crippen molar-refractivity contribution in [3.05, 3.63) is 35.4 Å². The maximum Gasteiger partial charge on any atom is 0.246 e. The van der Waals surface area contributed by atoms with E-state index < -0.39 is 0 Å². The van der Waals surface area contributed by atoms with E-state index in [1.165, 1.54) is 17.5 Å². The van der Waals surface area contributed by atoms with Gasteiger partial charge in [-0.1, -0.05) is 31.2 Å². The lowest BCUT2D eigenvalue weighted by molar-refractivity contribution is -0.125. The van der Waals surface area contributed by atoms with Gasteiger partial charge in [0.05, 0.1) is 6.04 Å². The van der Waals surface area contributed by atoms with Crippen LogP contribution in [0.2, 0.25) is 0 Å². The summed E-state index contributed by atoms with van der Waals surface area (Å²) in [5, 5.41) is 3.19. The van der Waals surface area contributed by atoms with Crippen LogP contribution in [0.5, 0.6) is 0 Å². The molecule has 4 atom stereocenters. The second-order valence-electron chi connectivity index (χ2n) is 6.59. The molecule has 22 heavy (non-hydrogen) atoms. The summed E-state index contributed by atoms with van der Waals surface area (Å²) >= 11 is 0. The molecule has 4 heteroatoms. The highest BCUT2D eigenvalue weighted by Crippen LogP contribution is 2.49. The number of nitrogens with zero attached hydrogens (tertiary/aromatic N) is 1. The number of likely N-dealkylation sites (tertiary alicyclic amines) is 1. The summed E-state index contributed by atoms with van der Waals surface area (Å²) in [5.74, 6) is 0.996. The number of hydrogen-bond acceptors (Lipinski definition) is 3. The molecule has 1 fully saturated rings. The van der Waals surface area contributed by atoms with Crippen LogP contribution in [-0.4, -0.2) is 43.7 Å². The predicted octanol–water partition coefficient (Wildman–Crippen LogP) is 2.32. The average Bonchev–Trinajstić information content (AvgIpc) is 3.07. The van der Waals surface area contributed by atoms with E-state index in [0.717, 1.165) is 13.1 Å². The van der Waals surface area contributed by atoms with Crippen molar-refractivity contribution in [2.24, 2.45) is 5.92 Å². The molecule has 1 aliphatic heterocycles. The third-order valence-corrected chi connectivity index (χ3v) is 5.36. The Morgan fingerprint density at radius 2 is 2.09 bits per heavy atom. The van der Waals surface area contributed by atoms with Gasteiger partial charge in [-0.25, -0.2) is 0 Å². The number of nitrogens with one attached hydrogen (secondary N) is 1. The summed E-state index contributed by atoms with van der Waals surface area (Å²) in [4.78, 5) is 14.6. The van der Waals surface area contributed by atoms with Gasteiger partial charge in [-0.2, -0.15) is 0 Å². The monoisotopic (exact) mass is 302 g/mol. The lowest BCUT2D eigenvalue weighted by Crippen LogP contribution is -2.37. The Labute approximate surface area is 132 Å². The van der Waals surface area contributed by atoms with Gasteiger partial charge in [-0.05, 0) is 24.5 Å². The van der Waals surface area contributed by atoms with Gasteiger partial charge in [0.1, 0.15) is 6.61 Å². The molecule has 1 heterocycles. The summed E-state index contributed by atoms with van der Waals surface area (Å²) in [6.07, 6.45) is 1.17. The number of ether oxygens (including phenoxy) is 1. The Bertz CT molecular complexity index is 546. The molecular weight excluding hydrogens is 276 g/mol. The molecule has 1 aromatic rings. The molecule has 2 aliphatic rings. The summed E-state index contributed by atoms with van der Waals surface area (Å²) < 4.78 is 4.97. The van der Waals surface area contributed by atoms with Crippen molar-refractivity contribution >= 4 is 5.91 Å². The van der Waals surface area contributed by atoms with Gasteiger partial charge in [-0.3, -0.25) is 9.69 Å². The Morgan fingerprint density at radius 3 is 2.77 bits per heavy atom. The topological polar surface area (TPSA) is 41.6 Å². The largest absolute Gasteiger partial charge is 0.375 e. The molecule has 0 aromatic heterocycles. The van der Waals surface area contributed by atoms with Crippen molar-refractivity contribution < 1.29 is 9.53 Å².